The molecule has 8 rings (SSSR count). The van der Waals surface area contributed by atoms with Crippen molar-refractivity contribution in [2.75, 3.05) is 0 Å². The van der Waals surface area contributed by atoms with Gasteiger partial charge in [-0.25, -0.2) is 4.98 Å². The number of imidazole rings is 1. The number of benzene rings is 1. The molecule has 3 amide bonds. The average molecular weight is 743 g/mol. The van der Waals surface area contributed by atoms with Gasteiger partial charge in [0.15, 0.2) is 5.82 Å². The first-order chi connectivity index (χ1) is 25.7. The molecular formula is C40H35ClN8O3S. The zero-order chi connectivity index (χ0) is 36.8. The summed E-state index contributed by atoms with van der Waals surface area (Å²) in [5.41, 5.74) is 6.03. The summed E-state index contributed by atoms with van der Waals surface area (Å²) in [4.78, 5) is 49.3. The Labute approximate surface area is 315 Å². The van der Waals surface area contributed by atoms with E-state index >= 15 is 0 Å². The number of nitrogens with zero attached hydrogens (tertiary/aromatic N) is 7. The smallest absolute Gasteiger partial charge is 0.255 e. The number of aromatic nitrogens is 5. The van der Waals surface area contributed by atoms with E-state index < -0.39 is 11.9 Å². The Hall–Kier alpha value is -5.56. The fraction of sp³-hybridized carbons (Fsp3) is 0.325. The molecule has 11 nitrogen and oxygen atoms in total. The van der Waals surface area contributed by atoms with Crippen molar-refractivity contribution in [3.63, 3.8) is 0 Å². The highest BCUT2D eigenvalue weighted by Gasteiger charge is 2.39. The summed E-state index contributed by atoms with van der Waals surface area (Å²) in [6.07, 6.45) is 11.9. The lowest BCUT2D eigenvalue weighted by atomic mass is 9.82. The number of thiophene rings is 1. The van der Waals surface area contributed by atoms with Gasteiger partial charge in [0, 0.05) is 59.8 Å². The van der Waals surface area contributed by atoms with Gasteiger partial charge in [-0.15, -0.1) is 21.5 Å². The molecular weight excluding hydrogens is 708 g/mol. The second-order valence-corrected chi connectivity index (χ2v) is 15.1. The fourth-order valence-electron chi connectivity index (χ4n) is 7.36. The minimum absolute atomic E-state index is 0.0803. The number of aryl methyl sites for hydroxylation is 2. The maximum Gasteiger partial charge on any atom is 0.255 e. The Balaban J connectivity index is 0.940. The predicted molar refractivity (Wildman–Crippen MR) is 201 cm³/mol. The van der Waals surface area contributed by atoms with Gasteiger partial charge in [-0.05, 0) is 73.8 Å². The topological polar surface area (TPSA) is 127 Å². The molecule has 1 saturated heterocycles. The van der Waals surface area contributed by atoms with Crippen molar-refractivity contribution in [3.05, 3.63) is 104 Å². The molecule has 266 valence electrons. The molecule has 13 heteroatoms. The van der Waals surface area contributed by atoms with Crippen LogP contribution in [0.15, 0.2) is 59.0 Å². The number of carbonyl (C=O) groups is 3. The molecule has 3 aliphatic heterocycles. The van der Waals surface area contributed by atoms with Crippen molar-refractivity contribution in [1.82, 2.24) is 34.5 Å². The Morgan fingerprint density at radius 3 is 2.81 bits per heavy atom. The second kappa shape index (κ2) is 14.1. The summed E-state index contributed by atoms with van der Waals surface area (Å²) in [7, 11) is 0. The van der Waals surface area contributed by atoms with E-state index in [2.05, 4.69) is 74.7 Å². The van der Waals surface area contributed by atoms with Crippen LogP contribution in [-0.2, 0) is 29.2 Å². The van der Waals surface area contributed by atoms with E-state index in [1.165, 1.54) is 0 Å². The zero-order valence-corrected chi connectivity index (χ0v) is 31.0. The molecule has 0 radical (unpaired) electrons. The number of halogens is 1. The Morgan fingerprint density at radius 1 is 1.11 bits per heavy atom. The molecule has 3 aromatic heterocycles. The van der Waals surface area contributed by atoms with Crippen LogP contribution in [0.1, 0.15) is 87.4 Å². The van der Waals surface area contributed by atoms with Gasteiger partial charge in [0.05, 0.1) is 23.5 Å². The molecule has 4 aromatic rings. The molecule has 1 aromatic carbocycles. The van der Waals surface area contributed by atoms with Crippen molar-refractivity contribution in [2.24, 2.45) is 16.8 Å². The molecule has 0 bridgehead atoms. The molecule has 0 spiro atoms. The lowest BCUT2D eigenvalue weighted by Gasteiger charge is -2.29. The molecule has 3 atom stereocenters. The fourth-order valence-corrected chi connectivity index (χ4v) is 8.87. The molecule has 3 unspecified atom stereocenters. The van der Waals surface area contributed by atoms with Gasteiger partial charge in [0.25, 0.3) is 5.91 Å². The van der Waals surface area contributed by atoms with Crippen LogP contribution in [0.4, 0.5) is 0 Å². The first-order valence-electron chi connectivity index (χ1n) is 17.6. The Bertz CT molecular complexity index is 2430. The summed E-state index contributed by atoms with van der Waals surface area (Å²) < 4.78 is 4.12. The van der Waals surface area contributed by atoms with Crippen molar-refractivity contribution < 1.29 is 14.4 Å². The highest BCUT2D eigenvalue weighted by Crippen LogP contribution is 2.39. The quantitative estimate of drug-likeness (QED) is 0.166. The standard InChI is InChI=1S/C40H35ClN8O3S/c1-23-18-27(41)11-13-29(23)37-36-24(2)33(53-40(36)49-25(3)45-46-34(49)19-42-37)15-12-28-20-47(22-43-28)17-6-4-5-8-26-9-7-10-30-31(26)21-48(39(30)52)32-14-16-35(50)44-38(32)51/h7,9-11,13,18,20,22-23,29,32H,4,6,14,16-17,19,21H2,1-3H3,(H,44,50,51). The number of fused-ring (bicyclic) bond motifs is 4. The third kappa shape index (κ3) is 6.54. The number of nitrogens with one attached hydrogen (secondary N) is 1. The van der Waals surface area contributed by atoms with Crippen molar-refractivity contribution in [2.45, 2.75) is 72.1 Å². The van der Waals surface area contributed by atoms with E-state index in [0.29, 0.717) is 37.2 Å². The van der Waals surface area contributed by atoms with E-state index in [-0.39, 0.29) is 30.1 Å². The molecule has 53 heavy (non-hydrogen) atoms. The number of piperidine rings is 1. The normalized spacial score (nSPS) is 20.3. The number of aliphatic imine (C=N–C) groups is 1. The van der Waals surface area contributed by atoms with Gasteiger partial charge in [-0.2, -0.15) is 0 Å². The zero-order valence-electron chi connectivity index (χ0n) is 29.4. The van der Waals surface area contributed by atoms with Gasteiger partial charge in [-0.3, -0.25) is 29.3 Å². The van der Waals surface area contributed by atoms with Crippen LogP contribution in [0.25, 0.3) is 5.00 Å². The van der Waals surface area contributed by atoms with E-state index in [1.807, 2.05) is 35.9 Å². The lowest BCUT2D eigenvalue weighted by molar-refractivity contribution is -0.136. The van der Waals surface area contributed by atoms with Crippen LogP contribution >= 0.6 is 22.9 Å². The Morgan fingerprint density at radius 2 is 1.98 bits per heavy atom. The van der Waals surface area contributed by atoms with Gasteiger partial charge >= 0.3 is 0 Å². The van der Waals surface area contributed by atoms with E-state index in [4.69, 9.17) is 16.6 Å². The molecule has 1 aliphatic carbocycles. The second-order valence-electron chi connectivity index (χ2n) is 13.6. The summed E-state index contributed by atoms with van der Waals surface area (Å²) in [6.45, 7) is 7.72. The number of unbranched alkanes of at least 4 members (excludes halogenated alkanes) is 1. The summed E-state index contributed by atoms with van der Waals surface area (Å²) >= 11 is 7.96. The largest absolute Gasteiger partial charge is 0.336 e. The van der Waals surface area contributed by atoms with Crippen molar-refractivity contribution in [1.29, 1.82) is 0 Å². The van der Waals surface area contributed by atoms with Crippen LogP contribution in [-0.4, -0.2) is 58.7 Å². The average Bonchev–Trinajstić information content (AvgIpc) is 3.88. The number of rotatable bonds is 5. The maximum atomic E-state index is 13.1. The number of carbonyl (C=O) groups excluding carboxylic acids is 3. The van der Waals surface area contributed by atoms with Gasteiger partial charge in [0.2, 0.25) is 11.8 Å². The van der Waals surface area contributed by atoms with E-state index in [9.17, 15) is 14.4 Å². The number of hydrogen-bond donors (Lipinski definition) is 1. The SMILES string of the molecule is Cc1c(C#Cc2cn(CCCC#Cc3cccc4c3CN(C3CCC(=O)NC3=O)C4=O)cn2)sc2c1C(C1C=CC(Cl)=CC1C)=NCc1nnc(C)n1-2. The predicted octanol–water partition coefficient (Wildman–Crippen LogP) is 5.38. The number of hydrogen-bond acceptors (Lipinski definition) is 8. The van der Waals surface area contributed by atoms with E-state index in [0.717, 1.165) is 67.5 Å². The van der Waals surface area contributed by atoms with Gasteiger partial charge in [-0.1, -0.05) is 48.6 Å². The lowest BCUT2D eigenvalue weighted by Crippen LogP contribution is -2.52. The van der Waals surface area contributed by atoms with Crippen LogP contribution in [0.3, 0.4) is 0 Å². The minimum atomic E-state index is -0.650. The Kier molecular flexibility index (Phi) is 9.19. The first kappa shape index (κ1) is 34.5. The van der Waals surface area contributed by atoms with Crippen LogP contribution in [0.2, 0.25) is 0 Å². The maximum absolute atomic E-state index is 13.1. The molecule has 6 heterocycles. The third-order valence-corrected chi connectivity index (χ3v) is 11.5. The molecule has 0 saturated carbocycles. The molecule has 4 aliphatic rings. The highest BCUT2D eigenvalue weighted by molar-refractivity contribution is 7.15. The summed E-state index contributed by atoms with van der Waals surface area (Å²) in [5.74, 6) is 14.1. The third-order valence-electron chi connectivity index (χ3n) is 10.1. The van der Waals surface area contributed by atoms with Gasteiger partial charge in [0.1, 0.15) is 22.6 Å². The highest BCUT2D eigenvalue weighted by atomic mass is 35.5. The van der Waals surface area contributed by atoms with Gasteiger partial charge < -0.3 is 9.47 Å². The summed E-state index contributed by atoms with van der Waals surface area (Å²) in [6, 6.07) is 4.84. The number of amides is 3. The monoisotopic (exact) mass is 742 g/mol. The van der Waals surface area contributed by atoms with Crippen molar-refractivity contribution in [3.8, 4) is 28.7 Å². The summed E-state index contributed by atoms with van der Waals surface area (Å²) in [5, 5.41) is 12.9. The van der Waals surface area contributed by atoms with Crippen LogP contribution in [0.5, 0.6) is 0 Å². The first-order valence-corrected chi connectivity index (χ1v) is 18.8. The molecule has 1 N–H and O–H groups in total. The van der Waals surface area contributed by atoms with Crippen molar-refractivity contribution >= 4 is 46.4 Å². The minimum Gasteiger partial charge on any atom is -0.336 e. The molecule has 1 fully saturated rings. The number of imide groups is 1. The van der Waals surface area contributed by atoms with Crippen LogP contribution in [0, 0.1) is 49.4 Å². The number of allylic oxidation sites excluding steroid dienone is 4. The van der Waals surface area contributed by atoms with E-state index in [1.54, 1.807) is 28.6 Å². The van der Waals surface area contributed by atoms with Crippen LogP contribution < -0.4 is 5.32 Å².